The third-order valence-electron chi connectivity index (χ3n) is 6.90. The minimum Gasteiger partial charge on any atom is -0.374 e. The summed E-state index contributed by atoms with van der Waals surface area (Å²) in [7, 11) is 0. The number of hydrogen-bond acceptors (Lipinski definition) is 4. The first kappa shape index (κ1) is 25.3. The predicted octanol–water partition coefficient (Wildman–Crippen LogP) is 6.33. The van der Waals surface area contributed by atoms with Crippen molar-refractivity contribution in [1.29, 1.82) is 0 Å². The Hall–Kier alpha value is -2.36. The van der Waals surface area contributed by atoms with E-state index in [-0.39, 0.29) is 24.1 Å². The monoisotopic (exact) mass is 544 g/mol. The van der Waals surface area contributed by atoms with E-state index < -0.39 is 45.2 Å². The van der Waals surface area contributed by atoms with Crippen LogP contribution in [0.25, 0.3) is 0 Å². The number of hydrogen-bond donors (Lipinski definition) is 0. The zero-order valence-electron chi connectivity index (χ0n) is 19.4. The summed E-state index contributed by atoms with van der Waals surface area (Å²) in [5, 5.41) is 2.68. The van der Waals surface area contributed by atoms with Crippen molar-refractivity contribution in [3.8, 4) is 0 Å². The highest BCUT2D eigenvalue weighted by atomic mass is 35.5. The largest absolute Gasteiger partial charge is 0.435 e. The smallest absolute Gasteiger partial charge is 0.374 e. The summed E-state index contributed by atoms with van der Waals surface area (Å²) in [6.07, 6.45) is -5.06. The highest BCUT2D eigenvalue weighted by molar-refractivity contribution is 6.35. The van der Waals surface area contributed by atoms with Crippen molar-refractivity contribution in [1.82, 2.24) is 4.90 Å². The van der Waals surface area contributed by atoms with Gasteiger partial charge < -0.3 is 14.5 Å². The number of oxime groups is 1. The van der Waals surface area contributed by atoms with Gasteiger partial charge in [-0.2, -0.15) is 13.2 Å². The van der Waals surface area contributed by atoms with E-state index in [1.165, 1.54) is 0 Å². The molecule has 1 unspecified atom stereocenters. The predicted molar refractivity (Wildman–Crippen MR) is 125 cm³/mol. The van der Waals surface area contributed by atoms with E-state index in [1.54, 1.807) is 17.0 Å². The standard InChI is InChI=1S/C25H22Cl2F4N2O3/c1-13(2)5-21(34)33-11-23(12-33)17-4-3-14(6-15(17)10-35-23)20-9-24(36-32-20,25(29,30)31)16-7-18(26)22(28)19(27)8-16/h3-4,6-8,13H,5,9-12H2,1-2H3. The number of halogens is 6. The second kappa shape index (κ2) is 8.60. The quantitative estimate of drug-likeness (QED) is 0.334. The van der Waals surface area contributed by atoms with Crippen molar-refractivity contribution in [3.05, 3.63) is 68.4 Å². The van der Waals surface area contributed by atoms with Crippen LogP contribution in [0.2, 0.25) is 10.0 Å². The van der Waals surface area contributed by atoms with E-state index >= 15 is 0 Å². The summed E-state index contributed by atoms with van der Waals surface area (Å²) in [6, 6.07) is 6.94. The van der Waals surface area contributed by atoms with Gasteiger partial charge in [-0.05, 0) is 40.8 Å². The number of alkyl halides is 3. The van der Waals surface area contributed by atoms with E-state index in [0.29, 0.717) is 25.1 Å². The van der Waals surface area contributed by atoms with Gasteiger partial charge in [-0.3, -0.25) is 4.79 Å². The molecule has 0 radical (unpaired) electrons. The molecule has 2 aromatic rings. The van der Waals surface area contributed by atoms with Crippen LogP contribution in [0.1, 0.15) is 48.9 Å². The Morgan fingerprint density at radius 1 is 1.17 bits per heavy atom. The van der Waals surface area contributed by atoms with Crippen LogP contribution in [0.4, 0.5) is 17.6 Å². The fourth-order valence-electron chi connectivity index (χ4n) is 4.96. The maximum Gasteiger partial charge on any atom is 0.435 e. The summed E-state index contributed by atoms with van der Waals surface area (Å²) in [4.78, 5) is 19.1. The first-order chi connectivity index (χ1) is 16.8. The van der Waals surface area contributed by atoms with Gasteiger partial charge >= 0.3 is 6.18 Å². The molecule has 192 valence electrons. The average molecular weight is 545 g/mol. The molecule has 1 saturated heterocycles. The summed E-state index contributed by atoms with van der Waals surface area (Å²) < 4.78 is 62.7. The zero-order valence-corrected chi connectivity index (χ0v) is 20.9. The average Bonchev–Trinajstić information content (AvgIpc) is 3.38. The number of fused-ring (bicyclic) bond motifs is 2. The van der Waals surface area contributed by atoms with Crippen molar-refractivity contribution >= 4 is 34.8 Å². The summed E-state index contributed by atoms with van der Waals surface area (Å²) in [6.45, 7) is 5.13. The molecular formula is C25H22Cl2F4N2O3. The van der Waals surface area contributed by atoms with E-state index in [9.17, 15) is 22.4 Å². The Morgan fingerprint density at radius 3 is 2.44 bits per heavy atom. The number of ether oxygens (including phenoxy) is 1. The summed E-state index contributed by atoms with van der Waals surface area (Å²) >= 11 is 11.5. The number of nitrogens with zero attached hydrogens (tertiary/aromatic N) is 2. The SMILES string of the molecule is CC(C)CC(=O)N1CC2(C1)OCc1cc(C3=NOC(c4cc(Cl)c(F)c(Cl)c4)(C(F)(F)F)C3)ccc12. The second-order valence-electron chi connectivity index (χ2n) is 9.89. The van der Waals surface area contributed by atoms with Crippen LogP contribution in [0.5, 0.6) is 0 Å². The van der Waals surface area contributed by atoms with E-state index in [0.717, 1.165) is 23.3 Å². The van der Waals surface area contributed by atoms with Gasteiger partial charge in [-0.15, -0.1) is 0 Å². The highest BCUT2D eigenvalue weighted by Gasteiger charge is 2.62. The highest BCUT2D eigenvalue weighted by Crippen LogP contribution is 2.51. The molecule has 1 amide bonds. The lowest BCUT2D eigenvalue weighted by atomic mass is 9.82. The van der Waals surface area contributed by atoms with Crippen LogP contribution in [0.3, 0.4) is 0 Å². The van der Waals surface area contributed by atoms with Gasteiger partial charge in [0.1, 0.15) is 5.60 Å². The molecule has 11 heteroatoms. The van der Waals surface area contributed by atoms with Gasteiger partial charge in [0.15, 0.2) is 5.82 Å². The first-order valence-electron chi connectivity index (χ1n) is 11.4. The van der Waals surface area contributed by atoms with E-state index in [4.69, 9.17) is 32.8 Å². The van der Waals surface area contributed by atoms with Gasteiger partial charge in [-0.25, -0.2) is 4.39 Å². The van der Waals surface area contributed by atoms with Crippen molar-refractivity contribution in [2.45, 2.75) is 50.7 Å². The Morgan fingerprint density at radius 2 is 1.83 bits per heavy atom. The molecule has 2 aromatic carbocycles. The van der Waals surface area contributed by atoms with Gasteiger partial charge in [0.25, 0.3) is 5.60 Å². The molecule has 0 aliphatic carbocycles. The molecular weight excluding hydrogens is 523 g/mol. The van der Waals surface area contributed by atoms with Crippen molar-refractivity contribution in [2.75, 3.05) is 13.1 Å². The summed E-state index contributed by atoms with van der Waals surface area (Å²) in [5.41, 5.74) is -1.62. The Balaban J connectivity index is 1.39. The molecule has 1 atom stereocenters. The molecule has 0 bridgehead atoms. The van der Waals surface area contributed by atoms with Gasteiger partial charge in [-0.1, -0.05) is 54.3 Å². The van der Waals surface area contributed by atoms with Crippen molar-refractivity contribution in [2.24, 2.45) is 11.1 Å². The molecule has 1 fully saturated rings. The normalized spacial score (nSPS) is 22.5. The van der Waals surface area contributed by atoms with Gasteiger partial charge in [0.05, 0.1) is 35.5 Å². The maximum absolute atomic E-state index is 14.3. The lowest BCUT2D eigenvalue weighted by Gasteiger charge is -2.47. The number of carbonyl (C=O) groups excluding carboxylic acids is 1. The molecule has 0 saturated carbocycles. The number of likely N-dealkylation sites (tertiary alicyclic amines) is 1. The van der Waals surface area contributed by atoms with Crippen LogP contribution in [0, 0.1) is 11.7 Å². The molecule has 36 heavy (non-hydrogen) atoms. The molecule has 3 heterocycles. The summed E-state index contributed by atoms with van der Waals surface area (Å²) in [5.74, 6) is -0.675. The van der Waals surface area contributed by atoms with Crippen LogP contribution < -0.4 is 0 Å². The van der Waals surface area contributed by atoms with E-state index in [1.807, 2.05) is 19.9 Å². The van der Waals surface area contributed by atoms with Gasteiger partial charge in [0.2, 0.25) is 5.91 Å². The van der Waals surface area contributed by atoms with Crippen LogP contribution in [-0.2, 0) is 32.2 Å². The minimum atomic E-state index is -4.88. The number of rotatable bonds is 4. The van der Waals surface area contributed by atoms with Crippen molar-refractivity contribution < 1.29 is 31.9 Å². The van der Waals surface area contributed by atoms with Crippen LogP contribution in [-0.4, -0.2) is 35.8 Å². The number of benzene rings is 2. The molecule has 3 aliphatic heterocycles. The Kier molecular flexibility index (Phi) is 6.04. The Labute approximate surface area is 214 Å². The zero-order chi connectivity index (χ0) is 26.0. The molecule has 5 nitrogen and oxygen atoms in total. The van der Waals surface area contributed by atoms with Crippen LogP contribution >= 0.6 is 23.2 Å². The van der Waals surface area contributed by atoms with Crippen molar-refractivity contribution in [3.63, 3.8) is 0 Å². The maximum atomic E-state index is 14.3. The molecule has 0 aromatic heterocycles. The first-order valence-corrected chi connectivity index (χ1v) is 12.1. The molecule has 0 N–H and O–H groups in total. The molecule has 3 aliphatic rings. The lowest BCUT2D eigenvalue weighted by Crippen LogP contribution is -2.61. The Bertz CT molecular complexity index is 1250. The minimum absolute atomic E-state index is 0.0752. The number of amides is 1. The lowest BCUT2D eigenvalue weighted by molar-refractivity contribution is -0.275. The van der Waals surface area contributed by atoms with Gasteiger partial charge in [0, 0.05) is 18.4 Å². The fraction of sp³-hybridized carbons (Fsp3) is 0.440. The molecule has 1 spiro atoms. The fourth-order valence-corrected chi connectivity index (χ4v) is 5.45. The second-order valence-corrected chi connectivity index (χ2v) is 10.7. The topological polar surface area (TPSA) is 51.1 Å². The third-order valence-corrected chi connectivity index (χ3v) is 7.45. The van der Waals surface area contributed by atoms with E-state index in [2.05, 4.69) is 5.16 Å². The number of carbonyl (C=O) groups is 1. The van der Waals surface area contributed by atoms with Crippen LogP contribution in [0.15, 0.2) is 35.5 Å². The molecule has 5 rings (SSSR count). The third kappa shape index (κ3) is 3.96.